The van der Waals surface area contributed by atoms with E-state index in [-0.39, 0.29) is 11.7 Å². The van der Waals surface area contributed by atoms with E-state index in [1.165, 1.54) is 0 Å². The van der Waals surface area contributed by atoms with Crippen LogP contribution in [0.3, 0.4) is 0 Å². The summed E-state index contributed by atoms with van der Waals surface area (Å²) in [7, 11) is 0. The van der Waals surface area contributed by atoms with Gasteiger partial charge in [0.2, 0.25) is 0 Å². The first-order valence-electron chi connectivity index (χ1n) is 6.17. The maximum atomic E-state index is 12.1. The van der Waals surface area contributed by atoms with Crippen molar-refractivity contribution in [2.75, 3.05) is 0 Å². The highest BCUT2D eigenvalue weighted by atomic mass is 79.9. The monoisotopic (exact) mass is 488 g/mol. The summed E-state index contributed by atoms with van der Waals surface area (Å²) in [6.45, 7) is 1.70. The van der Waals surface area contributed by atoms with E-state index in [0.717, 1.165) is 4.47 Å². The second kappa shape index (κ2) is 7.39. The van der Waals surface area contributed by atoms with Crippen LogP contribution in [0.4, 0.5) is 0 Å². The van der Waals surface area contributed by atoms with Crippen LogP contribution >= 0.6 is 47.8 Å². The number of amides is 1. The third kappa shape index (κ3) is 3.97. The van der Waals surface area contributed by atoms with Crippen molar-refractivity contribution in [2.24, 2.45) is 5.10 Å². The molecule has 22 heavy (non-hydrogen) atoms. The molecule has 0 fully saturated rings. The molecule has 0 aliphatic heterocycles. The second-order valence-corrected chi connectivity index (χ2v) is 7.03. The van der Waals surface area contributed by atoms with E-state index >= 15 is 0 Å². The van der Waals surface area contributed by atoms with Crippen molar-refractivity contribution in [3.8, 4) is 5.75 Å². The normalized spacial score (nSPS) is 11.4. The van der Waals surface area contributed by atoms with E-state index in [2.05, 4.69) is 58.3 Å². The predicted octanol–water partition coefficient (Wildman–Crippen LogP) is 4.83. The molecule has 0 saturated carbocycles. The highest BCUT2D eigenvalue weighted by Crippen LogP contribution is 2.32. The zero-order valence-corrected chi connectivity index (χ0v) is 16.2. The lowest BCUT2D eigenvalue weighted by atomic mass is 10.1. The van der Waals surface area contributed by atoms with E-state index in [9.17, 15) is 9.90 Å². The van der Waals surface area contributed by atoms with Gasteiger partial charge in [0.15, 0.2) is 0 Å². The molecule has 0 aliphatic rings. The molecule has 2 aromatic rings. The Morgan fingerprint density at radius 3 is 2.45 bits per heavy atom. The van der Waals surface area contributed by atoms with Gasteiger partial charge in [-0.05, 0) is 63.0 Å². The minimum absolute atomic E-state index is 0.0691. The first kappa shape index (κ1) is 17.2. The van der Waals surface area contributed by atoms with Crippen molar-refractivity contribution in [1.29, 1.82) is 0 Å². The van der Waals surface area contributed by atoms with E-state index in [1.54, 1.807) is 37.3 Å². The number of aromatic hydroxyl groups is 1. The molecule has 2 aromatic carbocycles. The number of hydrazone groups is 1. The number of nitrogens with one attached hydrogen (secondary N) is 1. The van der Waals surface area contributed by atoms with Gasteiger partial charge in [0.1, 0.15) is 5.75 Å². The maximum Gasteiger partial charge on any atom is 0.272 e. The average Bonchev–Trinajstić information content (AvgIpc) is 2.48. The second-order valence-electron chi connectivity index (χ2n) is 4.40. The Kier molecular flexibility index (Phi) is 5.77. The van der Waals surface area contributed by atoms with Gasteiger partial charge in [-0.1, -0.05) is 28.1 Å². The number of carbonyl (C=O) groups is 1. The number of rotatable bonds is 3. The van der Waals surface area contributed by atoms with Crippen LogP contribution in [0.5, 0.6) is 5.75 Å². The van der Waals surface area contributed by atoms with Crippen LogP contribution in [0.1, 0.15) is 22.8 Å². The fourth-order valence-corrected chi connectivity index (χ4v) is 3.43. The Morgan fingerprint density at radius 2 is 1.77 bits per heavy atom. The summed E-state index contributed by atoms with van der Waals surface area (Å²) in [6, 6.07) is 10.5. The minimum atomic E-state index is -0.333. The molecule has 0 unspecified atom stereocenters. The number of halogens is 3. The predicted molar refractivity (Wildman–Crippen MR) is 97.3 cm³/mol. The number of benzene rings is 2. The van der Waals surface area contributed by atoms with Gasteiger partial charge in [-0.15, -0.1) is 0 Å². The number of carbonyl (C=O) groups excluding carboxylic acids is 1. The lowest BCUT2D eigenvalue weighted by Crippen LogP contribution is -2.19. The average molecular weight is 491 g/mol. The Balaban J connectivity index is 2.24. The Labute approximate surface area is 153 Å². The van der Waals surface area contributed by atoms with Crippen molar-refractivity contribution in [3.05, 3.63) is 60.9 Å². The smallest absolute Gasteiger partial charge is 0.272 e. The summed E-state index contributed by atoms with van der Waals surface area (Å²) in [5.41, 5.74) is 3.97. The van der Waals surface area contributed by atoms with Crippen molar-refractivity contribution in [2.45, 2.75) is 6.92 Å². The lowest BCUT2D eigenvalue weighted by Gasteiger charge is -2.08. The summed E-state index contributed by atoms with van der Waals surface area (Å²) in [4.78, 5) is 12.1. The molecule has 0 atom stereocenters. The number of phenolic OH excluding ortho intramolecular Hbond substituents is 1. The molecule has 2 rings (SSSR count). The fourth-order valence-electron chi connectivity index (χ4n) is 1.74. The van der Waals surface area contributed by atoms with Gasteiger partial charge in [0, 0.05) is 14.5 Å². The lowest BCUT2D eigenvalue weighted by molar-refractivity contribution is 0.0954. The summed E-state index contributed by atoms with van der Waals surface area (Å²) < 4.78 is 2.02. The molecule has 0 aliphatic carbocycles. The van der Waals surface area contributed by atoms with E-state index < -0.39 is 0 Å². The molecule has 2 N–H and O–H groups in total. The highest BCUT2D eigenvalue weighted by molar-refractivity contribution is 9.11. The summed E-state index contributed by atoms with van der Waals surface area (Å²) in [5.74, 6) is -0.264. The number of phenols is 1. The topological polar surface area (TPSA) is 61.7 Å². The molecular formula is C15H11Br3N2O2. The van der Waals surface area contributed by atoms with E-state index in [1.807, 2.05) is 6.07 Å². The fraction of sp³-hybridized carbons (Fsp3) is 0.0667. The Morgan fingerprint density at radius 1 is 1.09 bits per heavy atom. The standard InChI is InChI=1S/C15H11Br3N2O2/c1-8(11-6-9(16)7-13(18)14(11)21)19-20-15(22)10-4-2-3-5-12(10)17/h2-7,21H,1H3,(H,20,22). The van der Waals surface area contributed by atoms with Gasteiger partial charge < -0.3 is 5.11 Å². The van der Waals surface area contributed by atoms with E-state index in [4.69, 9.17) is 0 Å². The van der Waals surface area contributed by atoms with E-state index in [0.29, 0.717) is 25.8 Å². The molecule has 0 aromatic heterocycles. The van der Waals surface area contributed by atoms with Crippen LogP contribution < -0.4 is 5.43 Å². The maximum absolute atomic E-state index is 12.1. The zero-order chi connectivity index (χ0) is 16.3. The van der Waals surface area contributed by atoms with Crippen LogP contribution in [0.2, 0.25) is 0 Å². The number of nitrogens with zero attached hydrogens (tertiary/aromatic N) is 1. The largest absolute Gasteiger partial charge is 0.506 e. The highest BCUT2D eigenvalue weighted by Gasteiger charge is 2.12. The van der Waals surface area contributed by atoms with Crippen molar-refractivity contribution >= 4 is 59.4 Å². The molecule has 0 radical (unpaired) electrons. The van der Waals surface area contributed by atoms with Crippen LogP contribution in [0.15, 0.2) is 54.9 Å². The molecule has 0 bridgehead atoms. The van der Waals surface area contributed by atoms with Crippen molar-refractivity contribution in [3.63, 3.8) is 0 Å². The summed E-state index contributed by atoms with van der Waals surface area (Å²) >= 11 is 9.93. The molecule has 0 spiro atoms. The Hall–Kier alpha value is -1.18. The summed E-state index contributed by atoms with van der Waals surface area (Å²) in [6.07, 6.45) is 0. The first-order chi connectivity index (χ1) is 10.4. The van der Waals surface area contributed by atoms with Crippen LogP contribution in [0, 0.1) is 0 Å². The molecule has 0 saturated heterocycles. The van der Waals surface area contributed by atoms with Gasteiger partial charge in [0.05, 0.1) is 15.7 Å². The van der Waals surface area contributed by atoms with Gasteiger partial charge in [0.25, 0.3) is 5.91 Å². The minimum Gasteiger partial charge on any atom is -0.506 e. The SMILES string of the molecule is CC(=NNC(=O)c1ccccc1Br)c1cc(Br)cc(Br)c1O. The molecule has 1 amide bonds. The van der Waals surface area contributed by atoms with Gasteiger partial charge in [-0.25, -0.2) is 5.43 Å². The van der Waals surface area contributed by atoms with Crippen LogP contribution in [-0.4, -0.2) is 16.7 Å². The summed E-state index contributed by atoms with van der Waals surface area (Å²) in [5, 5.41) is 14.1. The van der Waals surface area contributed by atoms with Crippen molar-refractivity contribution in [1.82, 2.24) is 5.43 Å². The third-order valence-electron chi connectivity index (χ3n) is 2.86. The number of hydrogen-bond donors (Lipinski definition) is 2. The molecule has 0 heterocycles. The zero-order valence-electron chi connectivity index (χ0n) is 11.4. The van der Waals surface area contributed by atoms with Gasteiger partial charge in [-0.3, -0.25) is 4.79 Å². The van der Waals surface area contributed by atoms with Crippen molar-refractivity contribution < 1.29 is 9.90 Å². The first-order valence-corrected chi connectivity index (χ1v) is 8.55. The quantitative estimate of drug-likeness (QED) is 0.478. The molecule has 4 nitrogen and oxygen atoms in total. The molecular weight excluding hydrogens is 480 g/mol. The number of hydrogen-bond acceptors (Lipinski definition) is 3. The molecule has 7 heteroatoms. The van der Waals surface area contributed by atoms with Crippen LogP contribution in [-0.2, 0) is 0 Å². The molecule has 114 valence electrons. The third-order valence-corrected chi connectivity index (χ3v) is 4.62. The van der Waals surface area contributed by atoms with Gasteiger partial charge >= 0.3 is 0 Å². The Bertz CT molecular complexity index is 760. The van der Waals surface area contributed by atoms with Crippen LogP contribution in [0.25, 0.3) is 0 Å². The van der Waals surface area contributed by atoms with Gasteiger partial charge in [-0.2, -0.15) is 5.10 Å².